The topological polar surface area (TPSA) is 93.2 Å². The molecule has 1 heterocycles. The molecule has 0 amide bonds. The van der Waals surface area contributed by atoms with E-state index in [-0.39, 0.29) is 10.3 Å². The highest BCUT2D eigenvalue weighted by molar-refractivity contribution is 7.92. The molecule has 0 saturated heterocycles. The molecule has 180 valence electrons. The van der Waals surface area contributed by atoms with Crippen molar-refractivity contribution in [1.29, 1.82) is 0 Å². The van der Waals surface area contributed by atoms with Gasteiger partial charge < -0.3 is 15.6 Å². The Morgan fingerprint density at radius 1 is 1.15 bits per heavy atom. The smallest absolute Gasteiger partial charge is 0.264 e. The number of sulfonamides is 1. The van der Waals surface area contributed by atoms with E-state index in [1.54, 1.807) is 31.3 Å². The highest BCUT2D eigenvalue weighted by atomic mass is 32.2. The Morgan fingerprint density at radius 2 is 1.82 bits per heavy atom. The van der Waals surface area contributed by atoms with Gasteiger partial charge in [0.25, 0.3) is 10.0 Å². The second-order valence-electron chi connectivity index (χ2n) is 9.66. The fourth-order valence-corrected chi connectivity index (χ4v) is 5.02. The molecule has 0 bridgehead atoms. The van der Waals surface area contributed by atoms with Crippen LogP contribution in [0.4, 0.5) is 11.4 Å². The molecule has 0 aliphatic carbocycles. The van der Waals surface area contributed by atoms with Crippen LogP contribution in [-0.4, -0.2) is 38.1 Å². The van der Waals surface area contributed by atoms with Crippen LogP contribution in [-0.2, 0) is 22.0 Å². The van der Waals surface area contributed by atoms with Gasteiger partial charge in [-0.1, -0.05) is 27.7 Å². The van der Waals surface area contributed by atoms with Gasteiger partial charge in [0.15, 0.2) is 0 Å². The lowest BCUT2D eigenvalue weighted by atomic mass is 9.96. The third-order valence-electron chi connectivity index (χ3n) is 5.96. The van der Waals surface area contributed by atoms with Crippen LogP contribution in [0.2, 0.25) is 0 Å². The summed E-state index contributed by atoms with van der Waals surface area (Å²) in [5.41, 5.74) is 8.84. The van der Waals surface area contributed by atoms with E-state index in [0.29, 0.717) is 18.2 Å². The van der Waals surface area contributed by atoms with Gasteiger partial charge >= 0.3 is 0 Å². The quantitative estimate of drug-likeness (QED) is 0.477. The maximum Gasteiger partial charge on any atom is 0.264 e. The van der Waals surface area contributed by atoms with E-state index in [1.807, 2.05) is 18.2 Å². The summed E-state index contributed by atoms with van der Waals surface area (Å²) in [6.07, 6.45) is 0.965. The van der Waals surface area contributed by atoms with Crippen molar-refractivity contribution in [2.45, 2.75) is 57.9 Å². The largest absolute Gasteiger partial charge is 0.385 e. The van der Waals surface area contributed by atoms with E-state index in [4.69, 9.17) is 10.7 Å². The van der Waals surface area contributed by atoms with Gasteiger partial charge in [0.2, 0.25) is 0 Å². The average Bonchev–Trinajstić information content (AvgIpc) is 3.17. The number of aromatic nitrogens is 2. The second-order valence-corrected chi connectivity index (χ2v) is 11.6. The molecule has 0 aliphatic heterocycles. The third kappa shape index (κ3) is 5.33. The van der Waals surface area contributed by atoms with E-state index in [1.165, 1.54) is 4.31 Å². The minimum atomic E-state index is -3.70. The Balaban J connectivity index is 1.84. The van der Waals surface area contributed by atoms with Crippen molar-refractivity contribution in [1.82, 2.24) is 9.55 Å². The van der Waals surface area contributed by atoms with Crippen LogP contribution >= 0.6 is 0 Å². The lowest BCUT2D eigenvalue weighted by Gasteiger charge is -2.20. The maximum absolute atomic E-state index is 13.3. The number of aryl methyl sites for hydroxylation is 1. The Hall–Kier alpha value is -2.58. The molecule has 1 aromatic heterocycles. The number of nitrogens with two attached hydrogens (primary N) is 1. The lowest BCUT2D eigenvalue weighted by Crippen LogP contribution is -2.26. The minimum absolute atomic E-state index is 0.106. The van der Waals surface area contributed by atoms with Gasteiger partial charge in [-0.05, 0) is 68.3 Å². The van der Waals surface area contributed by atoms with Crippen molar-refractivity contribution in [3.63, 3.8) is 0 Å². The van der Waals surface area contributed by atoms with Gasteiger partial charge in [-0.2, -0.15) is 0 Å². The molecule has 0 spiro atoms. The summed E-state index contributed by atoms with van der Waals surface area (Å²) in [5.74, 6) is 1.44. The third-order valence-corrected chi connectivity index (χ3v) is 7.76. The monoisotopic (exact) mass is 471 g/mol. The molecular formula is C25H37N5O2S. The van der Waals surface area contributed by atoms with Crippen molar-refractivity contribution in [2.24, 2.45) is 11.7 Å². The summed E-state index contributed by atoms with van der Waals surface area (Å²) in [6.45, 7) is 12.9. The molecule has 2 aromatic carbocycles. The van der Waals surface area contributed by atoms with Crippen LogP contribution in [0.25, 0.3) is 11.0 Å². The van der Waals surface area contributed by atoms with Gasteiger partial charge in [0, 0.05) is 31.2 Å². The van der Waals surface area contributed by atoms with Crippen LogP contribution in [0, 0.1) is 5.92 Å². The van der Waals surface area contributed by atoms with Crippen molar-refractivity contribution in [2.75, 3.05) is 29.8 Å². The number of rotatable bonds is 9. The highest BCUT2D eigenvalue weighted by Crippen LogP contribution is 2.30. The lowest BCUT2D eigenvalue weighted by molar-refractivity contribution is 0.512. The molecule has 0 radical (unpaired) electrons. The molecule has 0 fully saturated rings. The summed E-state index contributed by atoms with van der Waals surface area (Å²) in [5, 5.41) is 3.32. The van der Waals surface area contributed by atoms with Gasteiger partial charge in [-0.15, -0.1) is 0 Å². The zero-order valence-electron chi connectivity index (χ0n) is 20.6. The van der Waals surface area contributed by atoms with Gasteiger partial charge in [0.05, 0.1) is 21.6 Å². The van der Waals surface area contributed by atoms with Crippen LogP contribution in [0.15, 0.2) is 47.4 Å². The second kappa shape index (κ2) is 9.73. The van der Waals surface area contributed by atoms with E-state index in [2.05, 4.69) is 44.5 Å². The zero-order valence-corrected chi connectivity index (χ0v) is 21.4. The number of imidazole rings is 1. The standard InChI is InChI=1S/C25H37N5O2S/c1-7-30-23-13-10-20(16-22(23)28-24(30)25(3,4)5)29(6)33(31,32)21-11-8-19(9-12-21)27-15-14-18(2)17-26/h8-13,16,18,27H,7,14-15,17,26H2,1-6H3. The number of benzene rings is 2. The van der Waals surface area contributed by atoms with Crippen molar-refractivity contribution >= 4 is 32.4 Å². The predicted octanol–water partition coefficient (Wildman–Crippen LogP) is 4.58. The number of nitrogens with zero attached hydrogens (tertiary/aromatic N) is 3. The average molecular weight is 472 g/mol. The Kier molecular flexibility index (Phi) is 7.39. The Bertz CT molecular complexity index is 1190. The first-order valence-corrected chi connectivity index (χ1v) is 13.0. The van der Waals surface area contributed by atoms with Crippen LogP contribution in [0.1, 0.15) is 46.9 Å². The summed E-state index contributed by atoms with van der Waals surface area (Å²) < 4.78 is 30.1. The number of anilines is 2. The minimum Gasteiger partial charge on any atom is -0.385 e. The first-order valence-electron chi connectivity index (χ1n) is 11.5. The Labute approximate surface area is 198 Å². The molecule has 7 nitrogen and oxygen atoms in total. The van der Waals surface area contributed by atoms with E-state index < -0.39 is 10.0 Å². The molecule has 1 unspecified atom stereocenters. The summed E-state index contributed by atoms with van der Waals surface area (Å²) in [4.78, 5) is 5.09. The molecule has 0 aliphatic rings. The van der Waals surface area contributed by atoms with Crippen molar-refractivity contribution in [3.8, 4) is 0 Å². The molecule has 8 heteroatoms. The SMILES string of the molecule is CCn1c(C(C)(C)C)nc2cc(N(C)S(=O)(=O)c3ccc(NCCC(C)CN)cc3)ccc21. The van der Waals surface area contributed by atoms with E-state index in [9.17, 15) is 8.42 Å². The van der Waals surface area contributed by atoms with Crippen molar-refractivity contribution in [3.05, 3.63) is 48.3 Å². The van der Waals surface area contributed by atoms with Crippen LogP contribution < -0.4 is 15.4 Å². The molecule has 1 atom stereocenters. The van der Waals surface area contributed by atoms with E-state index >= 15 is 0 Å². The van der Waals surface area contributed by atoms with Crippen LogP contribution in [0.3, 0.4) is 0 Å². The van der Waals surface area contributed by atoms with Crippen molar-refractivity contribution < 1.29 is 8.42 Å². The Morgan fingerprint density at radius 3 is 2.39 bits per heavy atom. The summed E-state index contributed by atoms with van der Waals surface area (Å²) in [6, 6.07) is 12.5. The predicted molar refractivity (Wildman–Crippen MR) is 137 cm³/mol. The number of hydrogen-bond acceptors (Lipinski definition) is 5. The van der Waals surface area contributed by atoms with Crippen LogP contribution in [0.5, 0.6) is 0 Å². The first kappa shape index (κ1) is 25.1. The van der Waals surface area contributed by atoms with E-state index in [0.717, 1.165) is 42.1 Å². The summed E-state index contributed by atoms with van der Waals surface area (Å²) in [7, 11) is -2.12. The molecule has 0 saturated carbocycles. The molecular weight excluding hydrogens is 434 g/mol. The first-order chi connectivity index (χ1) is 15.5. The normalized spacial score (nSPS) is 13.3. The zero-order chi connectivity index (χ0) is 24.4. The fourth-order valence-electron chi connectivity index (χ4n) is 3.83. The number of hydrogen-bond donors (Lipinski definition) is 2. The van der Waals surface area contributed by atoms with Gasteiger partial charge in [-0.25, -0.2) is 13.4 Å². The number of fused-ring (bicyclic) bond motifs is 1. The molecule has 3 aromatic rings. The summed E-state index contributed by atoms with van der Waals surface area (Å²) >= 11 is 0. The molecule has 33 heavy (non-hydrogen) atoms. The van der Waals surface area contributed by atoms with Gasteiger partial charge in [-0.3, -0.25) is 4.31 Å². The van der Waals surface area contributed by atoms with Gasteiger partial charge in [0.1, 0.15) is 5.82 Å². The highest BCUT2D eigenvalue weighted by Gasteiger charge is 2.25. The number of nitrogens with one attached hydrogen (secondary N) is 1. The molecule has 3 rings (SSSR count). The fraction of sp³-hybridized carbons (Fsp3) is 0.480. The molecule has 3 N–H and O–H groups in total. The maximum atomic E-state index is 13.3.